The van der Waals surface area contributed by atoms with Crippen molar-refractivity contribution < 1.29 is 29.6 Å². The van der Waals surface area contributed by atoms with Crippen LogP contribution in [0.4, 0.5) is 0 Å². The van der Waals surface area contributed by atoms with Crippen molar-refractivity contribution in [2.24, 2.45) is 0 Å². The Balaban J connectivity index is 1.66. The lowest BCUT2D eigenvalue weighted by Gasteiger charge is -2.40. The second kappa shape index (κ2) is 8.02. The molecule has 4 N–H and O–H groups in total. The molecule has 1 aliphatic rings. The maximum atomic E-state index is 10.4. The predicted octanol–water partition coefficient (Wildman–Crippen LogP) is 1.23. The van der Waals surface area contributed by atoms with Gasteiger partial charge < -0.3 is 29.6 Å². The van der Waals surface area contributed by atoms with Gasteiger partial charge >= 0.3 is 0 Å². The maximum absolute atomic E-state index is 10.4. The summed E-state index contributed by atoms with van der Waals surface area (Å²) in [6, 6.07) is 14.9. The van der Waals surface area contributed by atoms with Crippen molar-refractivity contribution >= 4 is 0 Å². The van der Waals surface area contributed by atoms with Gasteiger partial charge in [-0.15, -0.1) is 10.2 Å². The Kier molecular flexibility index (Phi) is 5.44. The molecule has 4 rings (SSSR count). The molecule has 152 valence electrons. The first kappa shape index (κ1) is 19.7. The van der Waals surface area contributed by atoms with Crippen LogP contribution in [0.3, 0.4) is 0 Å². The minimum absolute atomic E-state index is 0.425. The van der Waals surface area contributed by atoms with Crippen molar-refractivity contribution in [1.82, 2.24) is 10.2 Å². The molecule has 1 aliphatic heterocycles. The van der Waals surface area contributed by atoms with Gasteiger partial charge in [-0.25, -0.2) is 0 Å². The molecule has 0 unspecified atom stereocenters. The summed E-state index contributed by atoms with van der Waals surface area (Å²) in [6.07, 6.45) is -5.96. The lowest BCUT2D eigenvalue weighted by Crippen LogP contribution is -2.55. The summed E-state index contributed by atoms with van der Waals surface area (Å²) in [4.78, 5) is 0. The number of hydrogen-bond acceptors (Lipinski definition) is 8. The van der Waals surface area contributed by atoms with Gasteiger partial charge in [0.05, 0.1) is 6.61 Å². The second-order valence-corrected chi connectivity index (χ2v) is 7.08. The van der Waals surface area contributed by atoms with Gasteiger partial charge in [0, 0.05) is 12.5 Å². The Morgan fingerprint density at radius 2 is 1.55 bits per heavy atom. The molecule has 0 bridgehead atoms. The van der Waals surface area contributed by atoms with E-state index in [1.54, 1.807) is 13.0 Å². The van der Waals surface area contributed by atoms with Crippen LogP contribution in [0.1, 0.15) is 17.6 Å². The van der Waals surface area contributed by atoms with Gasteiger partial charge in [0.15, 0.2) is 0 Å². The standard InChI is InChI=1S/C21H22N2O6/c1-11-22-23-21(28-11)15-7-3-5-13(9-15)12-4-2-6-14(8-12)20-19(27)18(26)17(25)16(10-24)29-20/h2-9,16-20,24-27H,10H2,1H3/t16-,17-,18+,19+,20-/m1/s1. The largest absolute Gasteiger partial charge is 0.421 e. The van der Waals surface area contributed by atoms with Gasteiger partial charge in [0.1, 0.15) is 30.5 Å². The summed E-state index contributed by atoms with van der Waals surface area (Å²) in [5.74, 6) is 0.907. The molecule has 1 fully saturated rings. The maximum Gasteiger partial charge on any atom is 0.247 e. The number of aryl methyl sites for hydroxylation is 1. The Bertz CT molecular complexity index is 989. The molecule has 3 aromatic rings. The van der Waals surface area contributed by atoms with Crippen molar-refractivity contribution in [1.29, 1.82) is 0 Å². The third kappa shape index (κ3) is 3.81. The Labute approximate surface area is 167 Å². The van der Waals surface area contributed by atoms with Crippen LogP contribution in [-0.4, -0.2) is 61.6 Å². The molecule has 29 heavy (non-hydrogen) atoms. The lowest BCUT2D eigenvalue weighted by atomic mass is 9.90. The molecule has 1 aromatic heterocycles. The van der Waals surface area contributed by atoms with Gasteiger partial charge in [0.2, 0.25) is 11.8 Å². The molecule has 5 atom stereocenters. The summed E-state index contributed by atoms with van der Waals surface area (Å²) >= 11 is 0. The number of benzene rings is 2. The predicted molar refractivity (Wildman–Crippen MR) is 103 cm³/mol. The van der Waals surface area contributed by atoms with Crippen molar-refractivity contribution in [3.8, 4) is 22.6 Å². The van der Waals surface area contributed by atoms with Crippen LogP contribution in [0.15, 0.2) is 52.9 Å². The second-order valence-electron chi connectivity index (χ2n) is 7.08. The van der Waals surface area contributed by atoms with Crippen molar-refractivity contribution in [2.75, 3.05) is 6.61 Å². The van der Waals surface area contributed by atoms with Crippen LogP contribution >= 0.6 is 0 Å². The van der Waals surface area contributed by atoms with E-state index in [9.17, 15) is 20.4 Å². The van der Waals surface area contributed by atoms with E-state index in [4.69, 9.17) is 9.15 Å². The Hall–Kier alpha value is -2.62. The Morgan fingerprint density at radius 3 is 2.24 bits per heavy atom. The van der Waals surface area contributed by atoms with E-state index in [1.165, 1.54) is 0 Å². The molecule has 2 aromatic carbocycles. The fourth-order valence-electron chi connectivity index (χ4n) is 3.52. The van der Waals surface area contributed by atoms with Gasteiger partial charge in [-0.2, -0.15) is 0 Å². The monoisotopic (exact) mass is 398 g/mol. The zero-order valence-corrected chi connectivity index (χ0v) is 15.7. The molecule has 8 heteroatoms. The fourth-order valence-corrected chi connectivity index (χ4v) is 3.52. The van der Waals surface area contributed by atoms with E-state index in [0.717, 1.165) is 16.7 Å². The molecule has 0 radical (unpaired) electrons. The molecule has 0 saturated carbocycles. The third-order valence-electron chi connectivity index (χ3n) is 5.08. The van der Waals surface area contributed by atoms with Crippen LogP contribution < -0.4 is 0 Å². The fraction of sp³-hybridized carbons (Fsp3) is 0.333. The highest BCUT2D eigenvalue weighted by Gasteiger charge is 2.43. The summed E-state index contributed by atoms with van der Waals surface area (Å²) < 4.78 is 11.1. The number of aromatic nitrogens is 2. The van der Waals surface area contributed by atoms with Crippen LogP contribution in [0.5, 0.6) is 0 Å². The topological polar surface area (TPSA) is 129 Å². The number of aliphatic hydroxyl groups excluding tert-OH is 4. The first-order chi connectivity index (χ1) is 14.0. The number of nitrogens with zero attached hydrogens (tertiary/aromatic N) is 2. The molecule has 0 spiro atoms. The molecule has 0 aliphatic carbocycles. The highest BCUT2D eigenvalue weighted by atomic mass is 16.5. The van der Waals surface area contributed by atoms with Crippen LogP contribution in [-0.2, 0) is 4.74 Å². The van der Waals surface area contributed by atoms with Crippen molar-refractivity contribution in [2.45, 2.75) is 37.4 Å². The summed E-state index contributed by atoms with van der Waals surface area (Å²) in [5, 5.41) is 47.7. The van der Waals surface area contributed by atoms with Gasteiger partial charge in [-0.3, -0.25) is 0 Å². The quantitative estimate of drug-likeness (QED) is 0.516. The molecule has 0 amide bonds. The van der Waals surface area contributed by atoms with Crippen LogP contribution in [0, 0.1) is 6.92 Å². The first-order valence-electron chi connectivity index (χ1n) is 9.29. The van der Waals surface area contributed by atoms with Gasteiger partial charge in [0.25, 0.3) is 0 Å². The first-order valence-corrected chi connectivity index (χ1v) is 9.29. The molecule has 1 saturated heterocycles. The summed E-state index contributed by atoms with van der Waals surface area (Å²) in [7, 11) is 0. The Morgan fingerprint density at radius 1 is 0.862 bits per heavy atom. The number of rotatable bonds is 4. The number of aliphatic hydroxyl groups is 4. The summed E-state index contributed by atoms with van der Waals surface area (Å²) in [5.41, 5.74) is 3.15. The normalized spacial score (nSPS) is 27.1. The average molecular weight is 398 g/mol. The van der Waals surface area contributed by atoms with Gasteiger partial charge in [-0.1, -0.05) is 30.3 Å². The smallest absolute Gasteiger partial charge is 0.247 e. The van der Waals surface area contributed by atoms with E-state index < -0.39 is 37.1 Å². The van der Waals surface area contributed by atoms with E-state index in [2.05, 4.69) is 10.2 Å². The number of ether oxygens (including phenoxy) is 1. The molecule has 8 nitrogen and oxygen atoms in total. The van der Waals surface area contributed by atoms with E-state index in [1.807, 2.05) is 42.5 Å². The lowest BCUT2D eigenvalue weighted by molar-refractivity contribution is -0.231. The van der Waals surface area contributed by atoms with Crippen molar-refractivity contribution in [3.05, 3.63) is 60.0 Å². The van der Waals surface area contributed by atoms with Crippen molar-refractivity contribution in [3.63, 3.8) is 0 Å². The minimum Gasteiger partial charge on any atom is -0.421 e. The number of hydrogen-bond donors (Lipinski definition) is 4. The van der Waals surface area contributed by atoms with Gasteiger partial charge in [-0.05, 0) is 34.9 Å². The zero-order valence-electron chi connectivity index (χ0n) is 15.7. The van der Waals surface area contributed by atoms with E-state index >= 15 is 0 Å². The third-order valence-corrected chi connectivity index (χ3v) is 5.08. The molecule has 2 heterocycles. The van der Waals surface area contributed by atoms with Crippen LogP contribution in [0.2, 0.25) is 0 Å². The molecular formula is C21H22N2O6. The molecular weight excluding hydrogens is 376 g/mol. The van der Waals surface area contributed by atoms with E-state index in [-0.39, 0.29) is 0 Å². The summed E-state index contributed by atoms with van der Waals surface area (Å²) in [6.45, 7) is 1.26. The highest BCUT2D eigenvalue weighted by Crippen LogP contribution is 2.34. The van der Waals surface area contributed by atoms with E-state index in [0.29, 0.717) is 17.3 Å². The van der Waals surface area contributed by atoms with Crippen LogP contribution in [0.25, 0.3) is 22.6 Å². The zero-order chi connectivity index (χ0) is 20.5. The average Bonchev–Trinajstić information content (AvgIpc) is 3.19. The SMILES string of the molecule is Cc1nnc(-c2cccc(-c3cccc([C@H]4O[C@H](CO)[C@@H](O)[C@H](O)[C@@H]4O)c3)c2)o1. The highest BCUT2D eigenvalue weighted by molar-refractivity contribution is 5.70. The minimum atomic E-state index is -1.42.